The summed E-state index contributed by atoms with van der Waals surface area (Å²) in [5.41, 5.74) is -0.423. The molecule has 2 rings (SSSR count). The summed E-state index contributed by atoms with van der Waals surface area (Å²) in [6, 6.07) is 0. The van der Waals surface area contributed by atoms with Crippen LogP contribution in [0.1, 0.15) is 27.2 Å². The molecule has 0 aromatic carbocycles. The van der Waals surface area contributed by atoms with E-state index in [9.17, 15) is 4.79 Å². The van der Waals surface area contributed by atoms with Gasteiger partial charge in [-0.3, -0.25) is 0 Å². The van der Waals surface area contributed by atoms with Gasteiger partial charge in [0.1, 0.15) is 5.60 Å². The second-order valence-electron chi connectivity index (χ2n) is 5.75. The zero-order valence-corrected chi connectivity index (χ0v) is 10.9. The summed E-state index contributed by atoms with van der Waals surface area (Å²) < 4.78 is 11.2. The number of amides is 1. The van der Waals surface area contributed by atoms with Gasteiger partial charge < -0.3 is 19.7 Å². The van der Waals surface area contributed by atoms with Gasteiger partial charge in [-0.2, -0.15) is 0 Å². The molecule has 0 saturated carbocycles. The van der Waals surface area contributed by atoms with Crippen molar-refractivity contribution in [2.75, 3.05) is 26.2 Å². The molecule has 5 nitrogen and oxygen atoms in total. The molecular formula is C12H22N2O3. The topological polar surface area (TPSA) is 50.8 Å². The third kappa shape index (κ3) is 3.57. The fourth-order valence-electron chi connectivity index (χ4n) is 1.96. The fraction of sp³-hybridized carbons (Fsp3) is 0.917. The van der Waals surface area contributed by atoms with Gasteiger partial charge in [-0.05, 0) is 27.2 Å². The Labute approximate surface area is 102 Å². The number of ether oxygens (including phenoxy) is 2. The number of nitrogens with one attached hydrogen (secondary N) is 1. The Hall–Kier alpha value is -0.810. The molecule has 2 aliphatic heterocycles. The van der Waals surface area contributed by atoms with Crippen LogP contribution in [0.15, 0.2) is 0 Å². The Morgan fingerprint density at radius 3 is 2.53 bits per heavy atom. The lowest BCUT2D eigenvalue weighted by Crippen LogP contribution is -2.50. The second kappa shape index (κ2) is 4.82. The number of rotatable bonds is 2. The molecule has 0 aromatic heterocycles. The second-order valence-corrected chi connectivity index (χ2v) is 5.75. The van der Waals surface area contributed by atoms with Crippen molar-refractivity contribution in [1.29, 1.82) is 0 Å². The van der Waals surface area contributed by atoms with E-state index in [2.05, 4.69) is 5.32 Å². The molecule has 0 unspecified atom stereocenters. The van der Waals surface area contributed by atoms with Crippen LogP contribution in [0.3, 0.4) is 0 Å². The summed E-state index contributed by atoms with van der Waals surface area (Å²) >= 11 is 0. The summed E-state index contributed by atoms with van der Waals surface area (Å²) in [7, 11) is 0. The molecule has 0 radical (unpaired) electrons. The minimum absolute atomic E-state index is 0.176. The average molecular weight is 242 g/mol. The van der Waals surface area contributed by atoms with E-state index >= 15 is 0 Å². The maximum atomic E-state index is 11.8. The van der Waals surface area contributed by atoms with E-state index in [0.717, 1.165) is 26.1 Å². The molecule has 0 spiro atoms. The molecule has 1 N–H and O–H groups in total. The van der Waals surface area contributed by atoms with Gasteiger partial charge in [0.05, 0.1) is 18.8 Å². The summed E-state index contributed by atoms with van der Waals surface area (Å²) in [4.78, 5) is 13.5. The van der Waals surface area contributed by atoms with Crippen LogP contribution in [-0.2, 0) is 9.47 Å². The predicted octanol–water partition coefficient (Wildman–Crippen LogP) is 0.984. The van der Waals surface area contributed by atoms with Crippen LogP contribution < -0.4 is 5.32 Å². The Balaban J connectivity index is 1.74. The Morgan fingerprint density at radius 2 is 2.00 bits per heavy atom. The number of likely N-dealkylation sites (tertiary alicyclic amines) is 1. The summed E-state index contributed by atoms with van der Waals surface area (Å²) in [6.45, 7) is 8.91. The first-order valence-electron chi connectivity index (χ1n) is 6.28. The van der Waals surface area contributed by atoms with Crippen molar-refractivity contribution in [1.82, 2.24) is 10.2 Å². The number of nitrogens with zero attached hydrogens (tertiary/aromatic N) is 1. The van der Waals surface area contributed by atoms with E-state index in [-0.39, 0.29) is 12.2 Å². The molecule has 2 saturated heterocycles. The Kier molecular flexibility index (Phi) is 3.58. The van der Waals surface area contributed by atoms with Gasteiger partial charge in [-0.1, -0.05) is 0 Å². The Bertz CT molecular complexity index is 284. The molecule has 98 valence electrons. The van der Waals surface area contributed by atoms with Crippen molar-refractivity contribution in [3.63, 3.8) is 0 Å². The lowest BCUT2D eigenvalue weighted by molar-refractivity contribution is -0.0336. The molecule has 0 bridgehead atoms. The molecule has 5 heteroatoms. The number of carbonyl (C=O) groups is 1. The zero-order valence-electron chi connectivity index (χ0n) is 10.9. The number of hydrogen-bond acceptors (Lipinski definition) is 4. The van der Waals surface area contributed by atoms with Crippen LogP contribution >= 0.6 is 0 Å². The van der Waals surface area contributed by atoms with Crippen molar-refractivity contribution in [2.24, 2.45) is 0 Å². The van der Waals surface area contributed by atoms with Gasteiger partial charge in [-0.25, -0.2) is 4.79 Å². The minimum atomic E-state index is -0.423. The standard InChI is InChI=1S/C12H22N2O3/c1-12(2,3)17-11(15)14-5-4-9(8-14)16-10-6-13-7-10/h9-10,13H,4-8H2,1-3H3/t9-/m1/s1. The third-order valence-corrected chi connectivity index (χ3v) is 2.93. The number of carbonyl (C=O) groups excluding carboxylic acids is 1. The smallest absolute Gasteiger partial charge is 0.410 e. The summed E-state index contributed by atoms with van der Waals surface area (Å²) in [5.74, 6) is 0. The SMILES string of the molecule is CC(C)(C)OC(=O)N1CC[C@@H](OC2CNC2)C1. The summed E-state index contributed by atoms with van der Waals surface area (Å²) in [6.07, 6.45) is 1.19. The maximum Gasteiger partial charge on any atom is 0.410 e. The van der Waals surface area contributed by atoms with Crippen LogP contribution in [0.4, 0.5) is 4.79 Å². The van der Waals surface area contributed by atoms with Crippen LogP contribution in [0.25, 0.3) is 0 Å². The van der Waals surface area contributed by atoms with Crippen molar-refractivity contribution >= 4 is 6.09 Å². The van der Waals surface area contributed by atoms with E-state index < -0.39 is 5.60 Å². The lowest BCUT2D eigenvalue weighted by Gasteiger charge is -2.30. The van der Waals surface area contributed by atoms with Crippen LogP contribution in [0, 0.1) is 0 Å². The van der Waals surface area contributed by atoms with Crippen molar-refractivity contribution in [2.45, 2.75) is 45.0 Å². The largest absolute Gasteiger partial charge is 0.444 e. The lowest BCUT2D eigenvalue weighted by atomic mass is 10.2. The molecule has 2 fully saturated rings. The first-order valence-corrected chi connectivity index (χ1v) is 6.28. The van der Waals surface area contributed by atoms with E-state index in [1.54, 1.807) is 4.90 Å². The van der Waals surface area contributed by atoms with E-state index in [4.69, 9.17) is 9.47 Å². The van der Waals surface area contributed by atoms with Gasteiger partial charge >= 0.3 is 6.09 Å². The normalized spacial score (nSPS) is 25.8. The summed E-state index contributed by atoms with van der Waals surface area (Å²) in [5, 5.41) is 3.17. The molecule has 0 aromatic rings. The van der Waals surface area contributed by atoms with Crippen LogP contribution in [-0.4, -0.2) is 55.0 Å². The molecular weight excluding hydrogens is 220 g/mol. The zero-order chi connectivity index (χ0) is 12.5. The number of hydrogen-bond donors (Lipinski definition) is 1. The molecule has 2 heterocycles. The van der Waals surface area contributed by atoms with Crippen molar-refractivity contribution < 1.29 is 14.3 Å². The van der Waals surface area contributed by atoms with Crippen LogP contribution in [0.5, 0.6) is 0 Å². The van der Waals surface area contributed by atoms with E-state index in [1.165, 1.54) is 0 Å². The fourth-order valence-corrected chi connectivity index (χ4v) is 1.96. The van der Waals surface area contributed by atoms with Crippen LogP contribution in [0.2, 0.25) is 0 Å². The first-order chi connectivity index (χ1) is 7.94. The molecule has 1 amide bonds. The van der Waals surface area contributed by atoms with E-state index in [0.29, 0.717) is 12.6 Å². The predicted molar refractivity (Wildman–Crippen MR) is 64.0 cm³/mol. The molecule has 17 heavy (non-hydrogen) atoms. The highest BCUT2D eigenvalue weighted by atomic mass is 16.6. The average Bonchev–Trinajstić information content (AvgIpc) is 2.56. The van der Waals surface area contributed by atoms with Gasteiger partial charge in [0.2, 0.25) is 0 Å². The van der Waals surface area contributed by atoms with Gasteiger partial charge in [0, 0.05) is 19.6 Å². The van der Waals surface area contributed by atoms with Crippen molar-refractivity contribution in [3.05, 3.63) is 0 Å². The van der Waals surface area contributed by atoms with E-state index in [1.807, 2.05) is 20.8 Å². The molecule has 2 aliphatic rings. The minimum Gasteiger partial charge on any atom is -0.444 e. The van der Waals surface area contributed by atoms with Gasteiger partial charge in [0.25, 0.3) is 0 Å². The van der Waals surface area contributed by atoms with Gasteiger partial charge in [0.15, 0.2) is 0 Å². The monoisotopic (exact) mass is 242 g/mol. The van der Waals surface area contributed by atoms with Gasteiger partial charge in [-0.15, -0.1) is 0 Å². The maximum absolute atomic E-state index is 11.8. The first kappa shape index (κ1) is 12.6. The van der Waals surface area contributed by atoms with Crippen molar-refractivity contribution in [3.8, 4) is 0 Å². The highest BCUT2D eigenvalue weighted by molar-refractivity contribution is 5.68. The molecule has 1 atom stereocenters. The Morgan fingerprint density at radius 1 is 1.29 bits per heavy atom. The third-order valence-electron chi connectivity index (χ3n) is 2.93. The highest BCUT2D eigenvalue weighted by Crippen LogP contribution is 2.18. The molecule has 0 aliphatic carbocycles. The quantitative estimate of drug-likeness (QED) is 0.784. The highest BCUT2D eigenvalue weighted by Gasteiger charge is 2.32.